The molecular formula is C17H14ClN3O2. The summed E-state index contributed by atoms with van der Waals surface area (Å²) in [7, 11) is 0. The second kappa shape index (κ2) is 5.06. The molecule has 23 heavy (non-hydrogen) atoms. The molecule has 0 spiro atoms. The first-order valence-electron chi connectivity index (χ1n) is 7.40. The van der Waals surface area contributed by atoms with Gasteiger partial charge >= 0.3 is 0 Å². The largest absolute Gasteiger partial charge is 0.490 e. The van der Waals surface area contributed by atoms with Crippen molar-refractivity contribution >= 4 is 23.1 Å². The van der Waals surface area contributed by atoms with Crippen LogP contribution >= 0.6 is 11.6 Å². The summed E-state index contributed by atoms with van der Waals surface area (Å²) in [6.07, 6.45) is 2.22. The third-order valence-corrected chi connectivity index (χ3v) is 4.43. The molecule has 2 N–H and O–H groups in total. The Kier molecular flexibility index (Phi) is 3.13. The first-order chi connectivity index (χ1) is 11.1. The molecule has 1 saturated carbocycles. The highest BCUT2D eigenvalue weighted by molar-refractivity contribution is 6.30. The summed E-state index contributed by atoms with van der Waals surface area (Å²) in [6.45, 7) is 0. The fourth-order valence-electron chi connectivity index (χ4n) is 2.91. The summed E-state index contributed by atoms with van der Waals surface area (Å²) in [5.41, 5.74) is 6.53. The number of aliphatic imine (C=N–C) groups is 1. The fourth-order valence-corrected chi connectivity index (χ4v) is 3.08. The maximum absolute atomic E-state index is 12.0. The fraction of sp³-hybridized carbons (Fsp3) is 0.235. The van der Waals surface area contributed by atoms with Crippen LogP contribution in [0.25, 0.3) is 0 Å². The molecule has 0 saturated heterocycles. The van der Waals surface area contributed by atoms with E-state index in [4.69, 9.17) is 22.1 Å². The summed E-state index contributed by atoms with van der Waals surface area (Å²) in [4.78, 5) is 16.3. The number of amidine groups is 1. The first-order valence-corrected chi connectivity index (χ1v) is 7.78. The highest BCUT2D eigenvalue weighted by Crippen LogP contribution is 2.48. The average Bonchev–Trinajstić information content (AvgIpc) is 3.31. The molecule has 6 heteroatoms. The molecule has 2 aromatic carbocycles. The Morgan fingerprint density at radius 2 is 2.00 bits per heavy atom. The minimum absolute atomic E-state index is 0.136. The van der Waals surface area contributed by atoms with Gasteiger partial charge < -0.3 is 10.5 Å². The number of hydrogen-bond donors (Lipinski definition) is 1. The molecule has 1 aliphatic heterocycles. The number of nitrogens with two attached hydrogens (primary N) is 1. The predicted molar refractivity (Wildman–Crippen MR) is 89.4 cm³/mol. The van der Waals surface area contributed by atoms with E-state index < -0.39 is 5.54 Å². The number of rotatable bonds is 4. The zero-order chi connectivity index (χ0) is 16.0. The van der Waals surface area contributed by atoms with Crippen molar-refractivity contribution in [2.45, 2.75) is 24.5 Å². The second-order valence-electron chi connectivity index (χ2n) is 5.77. The molecule has 1 unspecified atom stereocenters. The molecule has 4 rings (SSSR count). The lowest BCUT2D eigenvalue weighted by Gasteiger charge is -2.25. The molecular weight excluding hydrogens is 314 g/mol. The molecule has 2 aromatic rings. The number of nitrogens with zero attached hydrogens (tertiary/aromatic N) is 2. The molecule has 1 fully saturated rings. The molecule has 1 atom stereocenters. The van der Waals surface area contributed by atoms with E-state index in [-0.39, 0.29) is 11.9 Å². The van der Waals surface area contributed by atoms with Gasteiger partial charge in [0.25, 0.3) is 0 Å². The zero-order valence-electron chi connectivity index (χ0n) is 12.2. The number of para-hydroxylation sites is 1. The smallest absolute Gasteiger partial charge is 0.215 e. The summed E-state index contributed by atoms with van der Waals surface area (Å²) in [6, 6.07) is 12.5. The highest BCUT2D eigenvalue weighted by Gasteiger charge is 2.48. The van der Waals surface area contributed by atoms with Crippen molar-refractivity contribution in [3.8, 4) is 5.75 Å². The normalized spacial score (nSPS) is 22.4. The highest BCUT2D eigenvalue weighted by atomic mass is 35.5. The third-order valence-electron chi connectivity index (χ3n) is 4.19. The van der Waals surface area contributed by atoms with Crippen LogP contribution in [0.4, 0.5) is 5.69 Å². The van der Waals surface area contributed by atoms with Crippen molar-refractivity contribution in [1.29, 1.82) is 0 Å². The Morgan fingerprint density at radius 1 is 1.22 bits per heavy atom. The SMILES string of the molecule is NC1=Nc2ccc(Cl)cc2C1(N=O)c1ccccc1OC1CC1. The lowest BCUT2D eigenvalue weighted by molar-refractivity contribution is 0.297. The van der Waals surface area contributed by atoms with E-state index >= 15 is 0 Å². The van der Waals surface area contributed by atoms with Gasteiger partial charge in [0.05, 0.1) is 11.8 Å². The monoisotopic (exact) mass is 327 g/mol. The van der Waals surface area contributed by atoms with Gasteiger partial charge in [-0.3, -0.25) is 0 Å². The topological polar surface area (TPSA) is 77.0 Å². The first kappa shape index (κ1) is 14.2. The molecule has 0 aromatic heterocycles. The Balaban J connectivity index is 1.94. The van der Waals surface area contributed by atoms with Crippen LogP contribution in [0.3, 0.4) is 0 Å². The quantitative estimate of drug-likeness (QED) is 0.865. The van der Waals surface area contributed by atoms with Gasteiger partial charge in [0.15, 0.2) is 0 Å². The van der Waals surface area contributed by atoms with Crippen LogP contribution in [0, 0.1) is 4.91 Å². The van der Waals surface area contributed by atoms with Crippen molar-refractivity contribution < 1.29 is 4.74 Å². The number of halogens is 1. The molecule has 2 aliphatic rings. The van der Waals surface area contributed by atoms with Gasteiger partial charge in [-0.15, -0.1) is 4.91 Å². The van der Waals surface area contributed by atoms with Gasteiger partial charge in [-0.25, -0.2) is 4.99 Å². The summed E-state index contributed by atoms with van der Waals surface area (Å²) in [5.74, 6) is 0.747. The van der Waals surface area contributed by atoms with Crippen LogP contribution in [0.15, 0.2) is 52.6 Å². The summed E-state index contributed by atoms with van der Waals surface area (Å²) < 4.78 is 5.95. The minimum Gasteiger partial charge on any atom is -0.490 e. The molecule has 5 nitrogen and oxygen atoms in total. The summed E-state index contributed by atoms with van der Waals surface area (Å²) >= 11 is 6.11. The summed E-state index contributed by atoms with van der Waals surface area (Å²) in [5, 5.41) is 3.90. The van der Waals surface area contributed by atoms with Crippen LogP contribution < -0.4 is 10.5 Å². The Bertz CT molecular complexity index is 832. The third kappa shape index (κ3) is 2.11. The molecule has 116 valence electrons. The van der Waals surface area contributed by atoms with Gasteiger partial charge in [0.2, 0.25) is 5.54 Å². The number of benzene rings is 2. The standard InChI is InChI=1S/C17H14ClN3O2/c18-10-5-8-14-13(9-10)17(21-22,16(19)20-14)12-3-1-2-4-15(12)23-11-6-7-11/h1-5,8-9,11H,6-7H2,(H2,19,20). The van der Waals surface area contributed by atoms with Crippen molar-refractivity contribution in [3.63, 3.8) is 0 Å². The number of nitroso groups, excluding NO2 is 1. The Labute approximate surface area is 138 Å². The minimum atomic E-state index is -1.40. The van der Waals surface area contributed by atoms with Gasteiger partial charge in [-0.2, -0.15) is 0 Å². The van der Waals surface area contributed by atoms with Crippen molar-refractivity contribution in [3.05, 3.63) is 63.5 Å². The van der Waals surface area contributed by atoms with Crippen LogP contribution in [0.5, 0.6) is 5.75 Å². The van der Waals surface area contributed by atoms with Crippen LogP contribution in [-0.2, 0) is 5.54 Å². The van der Waals surface area contributed by atoms with E-state index in [2.05, 4.69) is 10.2 Å². The molecule has 1 aliphatic carbocycles. The van der Waals surface area contributed by atoms with Crippen molar-refractivity contribution in [2.24, 2.45) is 15.9 Å². The van der Waals surface area contributed by atoms with Gasteiger partial charge in [-0.05, 0) is 42.3 Å². The predicted octanol–water partition coefficient (Wildman–Crippen LogP) is 3.89. The van der Waals surface area contributed by atoms with Gasteiger partial charge in [0, 0.05) is 16.1 Å². The molecule has 0 radical (unpaired) electrons. The van der Waals surface area contributed by atoms with Gasteiger partial charge in [-0.1, -0.05) is 29.8 Å². The van der Waals surface area contributed by atoms with Gasteiger partial charge in [0.1, 0.15) is 11.6 Å². The maximum atomic E-state index is 12.0. The Morgan fingerprint density at radius 3 is 2.74 bits per heavy atom. The van der Waals surface area contributed by atoms with E-state index in [1.165, 1.54) is 0 Å². The van der Waals surface area contributed by atoms with Crippen molar-refractivity contribution in [1.82, 2.24) is 0 Å². The molecule has 0 amide bonds. The van der Waals surface area contributed by atoms with Crippen molar-refractivity contribution in [2.75, 3.05) is 0 Å². The molecule has 0 bridgehead atoms. The number of hydrogen-bond acceptors (Lipinski definition) is 5. The Hall–Kier alpha value is -2.40. The van der Waals surface area contributed by atoms with E-state index in [0.717, 1.165) is 12.8 Å². The molecule has 1 heterocycles. The van der Waals surface area contributed by atoms with E-state index in [9.17, 15) is 4.91 Å². The van der Waals surface area contributed by atoms with Crippen LogP contribution in [0.2, 0.25) is 5.02 Å². The second-order valence-corrected chi connectivity index (χ2v) is 6.21. The maximum Gasteiger partial charge on any atom is 0.215 e. The lowest BCUT2D eigenvalue weighted by atomic mass is 9.83. The van der Waals surface area contributed by atoms with E-state index in [0.29, 0.717) is 27.6 Å². The van der Waals surface area contributed by atoms with Crippen LogP contribution in [0.1, 0.15) is 24.0 Å². The lowest BCUT2D eigenvalue weighted by Crippen LogP contribution is -2.38. The van der Waals surface area contributed by atoms with Crippen LogP contribution in [-0.4, -0.2) is 11.9 Å². The number of ether oxygens (including phenoxy) is 1. The zero-order valence-corrected chi connectivity index (χ0v) is 13.0. The van der Waals surface area contributed by atoms with E-state index in [1.807, 2.05) is 18.2 Å². The average molecular weight is 328 g/mol. The number of fused-ring (bicyclic) bond motifs is 1. The van der Waals surface area contributed by atoms with E-state index in [1.54, 1.807) is 24.3 Å².